The number of benzene rings is 1. The number of halogens is 1. The van der Waals surface area contributed by atoms with E-state index in [4.69, 9.17) is 4.74 Å². The second-order valence-electron chi connectivity index (χ2n) is 8.14. The summed E-state index contributed by atoms with van der Waals surface area (Å²) in [7, 11) is 0. The first-order chi connectivity index (χ1) is 15.0. The van der Waals surface area contributed by atoms with Gasteiger partial charge >= 0.3 is 6.01 Å². The Morgan fingerprint density at radius 3 is 2.81 bits per heavy atom. The Hall–Kier alpha value is -3.32. The molecule has 1 aromatic heterocycles. The highest BCUT2D eigenvalue weighted by Gasteiger charge is 2.20. The van der Waals surface area contributed by atoms with Crippen molar-refractivity contribution < 1.29 is 9.13 Å². The molecule has 5 rings (SSSR count). The van der Waals surface area contributed by atoms with E-state index >= 15 is 4.39 Å². The third-order valence-electron chi connectivity index (χ3n) is 5.53. The van der Waals surface area contributed by atoms with Gasteiger partial charge < -0.3 is 15.4 Å². The molecule has 6 nitrogen and oxygen atoms in total. The first-order valence-corrected chi connectivity index (χ1v) is 10.5. The van der Waals surface area contributed by atoms with Crippen LogP contribution in [0.4, 0.5) is 10.2 Å². The quantitative estimate of drug-likeness (QED) is 0.766. The van der Waals surface area contributed by atoms with Crippen LogP contribution in [-0.4, -0.2) is 35.4 Å². The number of nitrogens with zero attached hydrogens (tertiary/aromatic N) is 3. The number of ether oxygens (including phenoxy) is 1. The van der Waals surface area contributed by atoms with Gasteiger partial charge in [0.15, 0.2) is 11.6 Å². The zero-order chi connectivity index (χ0) is 21.4. The minimum absolute atomic E-state index is 0.108. The molecule has 0 fully saturated rings. The van der Waals surface area contributed by atoms with E-state index in [0.29, 0.717) is 17.9 Å². The van der Waals surface area contributed by atoms with E-state index in [1.54, 1.807) is 6.07 Å². The maximum absolute atomic E-state index is 15.1. The lowest BCUT2D eigenvalue weighted by molar-refractivity contribution is 0.410. The molecule has 3 heterocycles. The fourth-order valence-electron chi connectivity index (χ4n) is 3.99. The summed E-state index contributed by atoms with van der Waals surface area (Å²) in [6.45, 7) is 6.38. The number of nitrogens with one attached hydrogen (secondary N) is 2. The normalized spacial score (nSPS) is 17.5. The maximum Gasteiger partial charge on any atom is 0.324 e. The zero-order valence-electron chi connectivity index (χ0n) is 17.6. The molecule has 0 radical (unpaired) electrons. The number of allylic oxidation sites excluding steroid dienone is 1. The summed E-state index contributed by atoms with van der Waals surface area (Å²) in [6.07, 6.45) is 7.59. The molecule has 7 heteroatoms. The zero-order valence-corrected chi connectivity index (χ0v) is 17.6. The molecule has 0 saturated carbocycles. The monoisotopic (exact) mass is 417 g/mol. The Labute approximate surface area is 180 Å². The molecule has 0 atom stereocenters. The average Bonchev–Trinajstić information content (AvgIpc) is 3.35. The van der Waals surface area contributed by atoms with Crippen LogP contribution in [0, 0.1) is 5.82 Å². The Kier molecular flexibility index (Phi) is 5.11. The number of amidine groups is 1. The standard InChI is InChI=1S/C24H24FN5O/c1-14-9-17-3-4-20(23(25)18(17)10-14)31-24-28-19(16-5-7-26-8-6-16)12-22(30-24)29-21-11-15(2)13-27-21/h3-5,10-12,26H,6-9,13H2,1-2H3,(H,27,28,29,30). The van der Waals surface area contributed by atoms with Crippen LogP contribution < -0.4 is 15.4 Å². The smallest absolute Gasteiger partial charge is 0.324 e. The largest absolute Gasteiger partial charge is 0.421 e. The molecule has 2 aromatic rings. The second kappa shape index (κ2) is 8.07. The summed E-state index contributed by atoms with van der Waals surface area (Å²) >= 11 is 0. The lowest BCUT2D eigenvalue weighted by Crippen LogP contribution is -2.20. The van der Waals surface area contributed by atoms with Crippen LogP contribution in [0.3, 0.4) is 0 Å². The average molecular weight is 417 g/mol. The van der Waals surface area contributed by atoms with E-state index in [-0.39, 0.29) is 17.6 Å². The minimum atomic E-state index is -0.377. The highest BCUT2D eigenvalue weighted by molar-refractivity contribution is 6.05. The summed E-state index contributed by atoms with van der Waals surface area (Å²) in [5, 5.41) is 6.54. The Bertz CT molecular complexity index is 1180. The molecule has 3 aliphatic rings. The SMILES string of the molecule is CC1=CC(Nc2cc(C3=CCNCC3)nc(Oc3ccc4c(c3F)C=C(C)C4)n2)=NC1. The van der Waals surface area contributed by atoms with E-state index in [2.05, 4.69) is 31.7 Å². The van der Waals surface area contributed by atoms with Crippen molar-refractivity contribution in [2.75, 3.05) is 25.0 Å². The molecule has 0 unspecified atom stereocenters. The fourth-order valence-corrected chi connectivity index (χ4v) is 3.99. The van der Waals surface area contributed by atoms with Gasteiger partial charge in [-0.3, -0.25) is 4.99 Å². The molecule has 0 bridgehead atoms. The molecule has 0 spiro atoms. The van der Waals surface area contributed by atoms with Gasteiger partial charge in [0.05, 0.1) is 12.2 Å². The molecule has 158 valence electrons. The van der Waals surface area contributed by atoms with Crippen LogP contribution in [0.15, 0.2) is 46.5 Å². The van der Waals surface area contributed by atoms with Crippen LogP contribution in [0.2, 0.25) is 0 Å². The third kappa shape index (κ3) is 4.14. The minimum Gasteiger partial charge on any atom is -0.421 e. The molecule has 0 amide bonds. The predicted molar refractivity (Wildman–Crippen MR) is 121 cm³/mol. The second-order valence-corrected chi connectivity index (χ2v) is 8.14. The Morgan fingerprint density at radius 1 is 1.13 bits per heavy atom. The van der Waals surface area contributed by atoms with Crippen LogP contribution >= 0.6 is 0 Å². The highest BCUT2D eigenvalue weighted by atomic mass is 19.1. The van der Waals surface area contributed by atoms with Crippen molar-refractivity contribution in [2.45, 2.75) is 26.7 Å². The highest BCUT2D eigenvalue weighted by Crippen LogP contribution is 2.34. The predicted octanol–water partition coefficient (Wildman–Crippen LogP) is 4.51. The van der Waals surface area contributed by atoms with E-state index in [9.17, 15) is 0 Å². The summed E-state index contributed by atoms with van der Waals surface area (Å²) in [6, 6.07) is 5.55. The van der Waals surface area contributed by atoms with Crippen LogP contribution in [0.25, 0.3) is 11.6 Å². The van der Waals surface area contributed by atoms with Crippen molar-refractivity contribution in [3.05, 3.63) is 64.1 Å². The van der Waals surface area contributed by atoms with Gasteiger partial charge in [-0.2, -0.15) is 9.97 Å². The van der Waals surface area contributed by atoms with Gasteiger partial charge in [-0.15, -0.1) is 0 Å². The van der Waals surface area contributed by atoms with Crippen LogP contribution in [0.1, 0.15) is 37.1 Å². The number of aliphatic imine (C=N–C) groups is 1. The first kappa shape index (κ1) is 19.6. The fraction of sp³-hybridized carbons (Fsp3) is 0.292. The topological polar surface area (TPSA) is 71.4 Å². The molecule has 31 heavy (non-hydrogen) atoms. The van der Waals surface area contributed by atoms with E-state index < -0.39 is 0 Å². The van der Waals surface area contributed by atoms with Gasteiger partial charge in [-0.05, 0) is 62.1 Å². The maximum atomic E-state index is 15.1. The molecule has 2 N–H and O–H groups in total. The number of hydrogen-bond acceptors (Lipinski definition) is 6. The van der Waals surface area contributed by atoms with Gasteiger partial charge in [0.2, 0.25) is 0 Å². The summed E-state index contributed by atoms with van der Waals surface area (Å²) in [4.78, 5) is 13.5. The summed E-state index contributed by atoms with van der Waals surface area (Å²) in [5.74, 6) is 1.07. The molecule has 2 aliphatic heterocycles. The lowest BCUT2D eigenvalue weighted by atomic mass is 10.1. The molecule has 1 aliphatic carbocycles. The third-order valence-corrected chi connectivity index (χ3v) is 5.53. The Balaban J connectivity index is 1.50. The first-order valence-electron chi connectivity index (χ1n) is 10.5. The number of anilines is 1. The molecular weight excluding hydrogens is 393 g/mol. The van der Waals surface area contributed by atoms with Gasteiger partial charge in [-0.25, -0.2) is 4.39 Å². The van der Waals surface area contributed by atoms with Gasteiger partial charge in [-0.1, -0.05) is 23.8 Å². The van der Waals surface area contributed by atoms with Crippen molar-refractivity contribution in [1.29, 1.82) is 0 Å². The number of aromatic nitrogens is 2. The van der Waals surface area contributed by atoms with E-state index in [1.165, 1.54) is 5.57 Å². The number of rotatable bonds is 4. The van der Waals surface area contributed by atoms with Gasteiger partial charge in [0, 0.05) is 18.2 Å². The van der Waals surface area contributed by atoms with Gasteiger partial charge in [0.1, 0.15) is 11.7 Å². The summed E-state index contributed by atoms with van der Waals surface area (Å²) < 4.78 is 20.9. The molecule has 1 aromatic carbocycles. The van der Waals surface area contributed by atoms with Crippen molar-refractivity contribution in [3.63, 3.8) is 0 Å². The summed E-state index contributed by atoms with van der Waals surface area (Å²) in [5.41, 5.74) is 5.76. The van der Waals surface area contributed by atoms with Crippen molar-refractivity contribution in [2.24, 2.45) is 4.99 Å². The number of fused-ring (bicyclic) bond motifs is 1. The van der Waals surface area contributed by atoms with E-state index in [0.717, 1.165) is 54.2 Å². The number of hydrogen-bond donors (Lipinski definition) is 2. The van der Waals surface area contributed by atoms with Crippen LogP contribution in [0.5, 0.6) is 11.8 Å². The van der Waals surface area contributed by atoms with Crippen molar-refractivity contribution in [1.82, 2.24) is 15.3 Å². The lowest BCUT2D eigenvalue weighted by Gasteiger charge is -2.16. The molecular formula is C24H24FN5O. The van der Waals surface area contributed by atoms with E-state index in [1.807, 2.05) is 38.1 Å². The Morgan fingerprint density at radius 2 is 2.03 bits per heavy atom. The van der Waals surface area contributed by atoms with Gasteiger partial charge in [0.25, 0.3) is 0 Å². The molecule has 0 saturated heterocycles. The van der Waals surface area contributed by atoms with Crippen LogP contribution in [-0.2, 0) is 6.42 Å². The van der Waals surface area contributed by atoms with Crippen molar-refractivity contribution in [3.8, 4) is 11.8 Å². The van der Waals surface area contributed by atoms with Crippen molar-refractivity contribution >= 4 is 23.3 Å².